The monoisotopic (exact) mass is 185 g/mol. The van der Waals surface area contributed by atoms with Crippen molar-refractivity contribution in [2.75, 3.05) is 7.11 Å². The van der Waals surface area contributed by atoms with Gasteiger partial charge in [-0.05, 0) is 19.1 Å². The molecule has 4 heteroatoms. The Bertz CT molecular complexity index is 280. The van der Waals surface area contributed by atoms with Crippen molar-refractivity contribution in [3.05, 3.63) is 21.9 Å². The predicted octanol–water partition coefficient (Wildman–Crippen LogP) is 1.55. The molecule has 0 radical (unpaired) electrons. The number of nitrogens with two attached hydrogens (primary N) is 1. The van der Waals surface area contributed by atoms with Crippen LogP contribution in [0.5, 0.6) is 0 Å². The highest BCUT2D eigenvalue weighted by molar-refractivity contribution is 7.14. The van der Waals surface area contributed by atoms with Gasteiger partial charge in [-0.1, -0.05) is 0 Å². The number of hydrogen-bond donors (Lipinski definition) is 1. The van der Waals surface area contributed by atoms with E-state index in [9.17, 15) is 4.79 Å². The van der Waals surface area contributed by atoms with Gasteiger partial charge in [-0.15, -0.1) is 11.3 Å². The Morgan fingerprint density at radius 1 is 1.67 bits per heavy atom. The Labute approximate surface area is 75.1 Å². The zero-order valence-corrected chi connectivity index (χ0v) is 7.85. The molecule has 1 aromatic heterocycles. The van der Waals surface area contributed by atoms with Crippen molar-refractivity contribution < 1.29 is 9.53 Å². The molecule has 0 aliphatic heterocycles. The van der Waals surface area contributed by atoms with Gasteiger partial charge >= 0.3 is 5.97 Å². The molecule has 1 rings (SSSR count). The van der Waals surface area contributed by atoms with Crippen LogP contribution < -0.4 is 5.73 Å². The second-order valence-electron chi connectivity index (χ2n) is 2.48. The van der Waals surface area contributed by atoms with E-state index in [2.05, 4.69) is 4.74 Å². The highest BCUT2D eigenvalue weighted by atomic mass is 32.1. The van der Waals surface area contributed by atoms with Gasteiger partial charge in [0.15, 0.2) is 0 Å². The summed E-state index contributed by atoms with van der Waals surface area (Å²) in [5.74, 6) is -0.299. The van der Waals surface area contributed by atoms with E-state index in [1.54, 1.807) is 6.07 Å². The van der Waals surface area contributed by atoms with Gasteiger partial charge in [-0.2, -0.15) is 0 Å². The molecule has 1 atom stereocenters. The third kappa shape index (κ3) is 1.84. The second-order valence-corrected chi connectivity index (χ2v) is 3.60. The molecule has 66 valence electrons. The number of ether oxygens (including phenoxy) is 1. The van der Waals surface area contributed by atoms with Crippen LogP contribution in [0.4, 0.5) is 0 Å². The molecule has 2 N–H and O–H groups in total. The molecule has 0 spiro atoms. The number of methoxy groups -OCH3 is 1. The first-order chi connectivity index (χ1) is 5.65. The Morgan fingerprint density at radius 2 is 2.33 bits per heavy atom. The first-order valence-electron chi connectivity index (χ1n) is 3.58. The van der Waals surface area contributed by atoms with Crippen LogP contribution in [0.1, 0.15) is 27.5 Å². The van der Waals surface area contributed by atoms with Crippen LogP contribution >= 0.6 is 11.3 Å². The molecule has 0 bridgehead atoms. The Hall–Kier alpha value is -0.870. The number of carbonyl (C=O) groups is 1. The van der Waals surface area contributed by atoms with Crippen LogP contribution in [-0.4, -0.2) is 13.1 Å². The van der Waals surface area contributed by atoms with Gasteiger partial charge < -0.3 is 10.5 Å². The third-order valence-corrected chi connectivity index (χ3v) is 2.73. The highest BCUT2D eigenvalue weighted by Gasteiger charge is 2.10. The number of thiophene rings is 1. The Balaban J connectivity index is 2.84. The second kappa shape index (κ2) is 3.69. The van der Waals surface area contributed by atoms with Crippen LogP contribution in [0.15, 0.2) is 12.1 Å². The van der Waals surface area contributed by atoms with E-state index in [4.69, 9.17) is 5.73 Å². The first kappa shape index (κ1) is 9.22. The minimum atomic E-state index is -0.299. The fourth-order valence-electron chi connectivity index (χ4n) is 0.808. The zero-order chi connectivity index (χ0) is 9.14. The van der Waals surface area contributed by atoms with E-state index < -0.39 is 0 Å². The van der Waals surface area contributed by atoms with Crippen LogP contribution in [0, 0.1) is 0 Å². The van der Waals surface area contributed by atoms with Gasteiger partial charge in [0.1, 0.15) is 4.88 Å². The largest absolute Gasteiger partial charge is 0.465 e. The average molecular weight is 185 g/mol. The van der Waals surface area contributed by atoms with Crippen molar-refractivity contribution in [3.8, 4) is 0 Å². The summed E-state index contributed by atoms with van der Waals surface area (Å²) in [7, 11) is 1.37. The highest BCUT2D eigenvalue weighted by Crippen LogP contribution is 2.21. The summed E-state index contributed by atoms with van der Waals surface area (Å²) >= 11 is 1.37. The molecule has 1 aromatic rings. The normalized spacial score (nSPS) is 12.6. The Kier molecular flexibility index (Phi) is 2.83. The lowest BCUT2D eigenvalue weighted by Crippen LogP contribution is -2.02. The topological polar surface area (TPSA) is 52.3 Å². The summed E-state index contributed by atoms with van der Waals surface area (Å²) in [6.45, 7) is 1.88. The van der Waals surface area contributed by atoms with Gasteiger partial charge in [0.2, 0.25) is 0 Å². The standard InChI is InChI=1S/C8H11NO2S/c1-5(9)6-3-4-7(12-6)8(10)11-2/h3-5H,9H2,1-2H3/t5-/m1/s1. The molecular weight excluding hydrogens is 174 g/mol. The van der Waals surface area contributed by atoms with Crippen LogP contribution in [-0.2, 0) is 4.74 Å². The maximum atomic E-state index is 11.0. The molecule has 0 saturated carbocycles. The minimum Gasteiger partial charge on any atom is -0.465 e. The summed E-state index contributed by atoms with van der Waals surface area (Å²) in [6, 6.07) is 3.56. The van der Waals surface area contributed by atoms with Crippen molar-refractivity contribution in [1.82, 2.24) is 0 Å². The van der Waals surface area contributed by atoms with Crippen molar-refractivity contribution in [3.63, 3.8) is 0 Å². The summed E-state index contributed by atoms with van der Waals surface area (Å²) in [4.78, 5) is 12.6. The molecule has 1 heterocycles. The molecule has 12 heavy (non-hydrogen) atoms. The van der Waals surface area contributed by atoms with Gasteiger partial charge in [0.25, 0.3) is 0 Å². The zero-order valence-electron chi connectivity index (χ0n) is 7.03. The quantitative estimate of drug-likeness (QED) is 0.711. The number of carbonyl (C=O) groups excluding carboxylic acids is 1. The molecule has 0 unspecified atom stereocenters. The van der Waals surface area contributed by atoms with Crippen molar-refractivity contribution in [2.45, 2.75) is 13.0 Å². The van der Waals surface area contributed by atoms with Crippen molar-refractivity contribution >= 4 is 17.3 Å². The van der Waals surface area contributed by atoms with E-state index in [-0.39, 0.29) is 12.0 Å². The SMILES string of the molecule is COC(=O)c1ccc([C@@H](C)N)s1. The van der Waals surface area contributed by atoms with Crippen LogP contribution in [0.3, 0.4) is 0 Å². The number of esters is 1. The van der Waals surface area contributed by atoms with Crippen LogP contribution in [0.25, 0.3) is 0 Å². The van der Waals surface area contributed by atoms with E-state index >= 15 is 0 Å². The Morgan fingerprint density at radius 3 is 2.75 bits per heavy atom. The van der Waals surface area contributed by atoms with E-state index in [1.165, 1.54) is 18.4 Å². The van der Waals surface area contributed by atoms with Gasteiger partial charge in [-0.25, -0.2) is 4.79 Å². The molecule has 0 fully saturated rings. The van der Waals surface area contributed by atoms with Crippen molar-refractivity contribution in [2.24, 2.45) is 5.73 Å². The van der Waals surface area contributed by atoms with E-state index in [1.807, 2.05) is 13.0 Å². The molecule has 0 aromatic carbocycles. The van der Waals surface area contributed by atoms with Crippen LogP contribution in [0.2, 0.25) is 0 Å². The summed E-state index contributed by atoms with van der Waals surface area (Å²) in [6.07, 6.45) is 0. The number of hydrogen-bond acceptors (Lipinski definition) is 4. The molecule has 0 amide bonds. The summed E-state index contributed by atoms with van der Waals surface area (Å²) in [5.41, 5.74) is 5.63. The molecular formula is C8H11NO2S. The van der Waals surface area contributed by atoms with Gasteiger partial charge in [0.05, 0.1) is 7.11 Å². The fraction of sp³-hybridized carbons (Fsp3) is 0.375. The summed E-state index contributed by atoms with van der Waals surface area (Å²) in [5, 5.41) is 0. The number of rotatable bonds is 2. The lowest BCUT2D eigenvalue weighted by Gasteiger charge is -1.98. The van der Waals surface area contributed by atoms with Gasteiger partial charge in [0, 0.05) is 10.9 Å². The molecule has 3 nitrogen and oxygen atoms in total. The third-order valence-electron chi connectivity index (χ3n) is 1.46. The fourth-order valence-corrected chi connectivity index (χ4v) is 1.69. The maximum absolute atomic E-state index is 11.0. The minimum absolute atomic E-state index is 0.0200. The lowest BCUT2D eigenvalue weighted by molar-refractivity contribution is 0.0606. The van der Waals surface area contributed by atoms with E-state index in [0.717, 1.165) is 4.88 Å². The van der Waals surface area contributed by atoms with Crippen molar-refractivity contribution in [1.29, 1.82) is 0 Å². The molecule has 0 aliphatic carbocycles. The van der Waals surface area contributed by atoms with E-state index in [0.29, 0.717) is 4.88 Å². The average Bonchev–Trinajstić information content (AvgIpc) is 2.51. The predicted molar refractivity (Wildman–Crippen MR) is 48.3 cm³/mol. The van der Waals surface area contributed by atoms with Gasteiger partial charge in [-0.3, -0.25) is 0 Å². The molecule has 0 saturated heterocycles. The summed E-state index contributed by atoms with van der Waals surface area (Å²) < 4.78 is 4.56. The first-order valence-corrected chi connectivity index (χ1v) is 4.40. The molecule has 0 aliphatic rings. The lowest BCUT2D eigenvalue weighted by atomic mass is 10.3. The smallest absolute Gasteiger partial charge is 0.348 e. The maximum Gasteiger partial charge on any atom is 0.348 e.